The van der Waals surface area contributed by atoms with Crippen molar-refractivity contribution < 1.29 is 9.90 Å². The summed E-state index contributed by atoms with van der Waals surface area (Å²) < 4.78 is 0. The molecule has 1 rings (SSSR count). The largest absolute Gasteiger partial charge is 0.481 e. The molecule has 3 nitrogen and oxygen atoms in total. The molecule has 0 aromatic heterocycles. The van der Waals surface area contributed by atoms with E-state index < -0.39 is 5.97 Å². The van der Waals surface area contributed by atoms with Crippen LogP contribution in [-0.4, -0.2) is 23.7 Å². The first-order chi connectivity index (χ1) is 6.50. The zero-order valence-electron chi connectivity index (χ0n) is 9.34. The minimum absolute atomic E-state index is 0.177. The Balaban J connectivity index is 2.77. The van der Waals surface area contributed by atoms with Gasteiger partial charge in [0.15, 0.2) is 0 Å². The highest BCUT2D eigenvalue weighted by atomic mass is 16.4. The highest BCUT2D eigenvalue weighted by Crippen LogP contribution is 2.38. The summed E-state index contributed by atoms with van der Waals surface area (Å²) in [5.74, 6) is 0.401. The van der Waals surface area contributed by atoms with Crippen LogP contribution in [0.3, 0.4) is 0 Å². The molecule has 14 heavy (non-hydrogen) atoms. The average molecular weight is 199 g/mol. The number of aliphatic carboxylic acids is 1. The summed E-state index contributed by atoms with van der Waals surface area (Å²) in [6.45, 7) is 4.37. The minimum atomic E-state index is -0.694. The van der Waals surface area contributed by atoms with Crippen molar-refractivity contribution in [2.75, 3.05) is 7.05 Å². The van der Waals surface area contributed by atoms with E-state index in [1.807, 2.05) is 7.05 Å². The summed E-state index contributed by atoms with van der Waals surface area (Å²) in [7, 11) is 1.89. The maximum atomic E-state index is 10.8. The molecule has 0 aromatic carbocycles. The Hall–Kier alpha value is -0.570. The summed E-state index contributed by atoms with van der Waals surface area (Å²) >= 11 is 0. The number of carboxylic acid groups (broad SMARTS) is 1. The van der Waals surface area contributed by atoms with Crippen LogP contribution in [0.5, 0.6) is 0 Å². The van der Waals surface area contributed by atoms with Crippen LogP contribution in [0, 0.1) is 11.8 Å². The summed E-state index contributed by atoms with van der Waals surface area (Å²) in [4.78, 5) is 10.8. The monoisotopic (exact) mass is 199 g/mol. The zero-order valence-corrected chi connectivity index (χ0v) is 9.34. The Labute approximate surface area is 85.9 Å². The molecule has 0 amide bonds. The Bertz CT molecular complexity index is 217. The number of hydrogen-bond donors (Lipinski definition) is 2. The van der Waals surface area contributed by atoms with E-state index in [9.17, 15) is 4.79 Å². The van der Waals surface area contributed by atoms with Crippen LogP contribution in [0.1, 0.15) is 39.5 Å². The van der Waals surface area contributed by atoms with Gasteiger partial charge in [0.25, 0.3) is 0 Å². The maximum Gasteiger partial charge on any atom is 0.305 e. The van der Waals surface area contributed by atoms with E-state index in [2.05, 4.69) is 19.2 Å². The summed E-state index contributed by atoms with van der Waals surface area (Å²) in [5, 5.41) is 12.2. The van der Waals surface area contributed by atoms with Crippen molar-refractivity contribution >= 4 is 5.97 Å². The maximum absolute atomic E-state index is 10.8. The lowest BCUT2D eigenvalue weighted by molar-refractivity contribution is -0.140. The van der Waals surface area contributed by atoms with Crippen LogP contribution in [0.4, 0.5) is 0 Å². The summed E-state index contributed by atoms with van der Waals surface area (Å²) in [6.07, 6.45) is 3.59. The molecule has 0 bridgehead atoms. The molecule has 82 valence electrons. The van der Waals surface area contributed by atoms with Crippen LogP contribution < -0.4 is 5.32 Å². The third kappa shape index (κ3) is 2.27. The van der Waals surface area contributed by atoms with Gasteiger partial charge >= 0.3 is 5.97 Å². The Morgan fingerprint density at radius 2 is 2.14 bits per heavy atom. The van der Waals surface area contributed by atoms with Crippen molar-refractivity contribution in [3.8, 4) is 0 Å². The van der Waals surface area contributed by atoms with Crippen molar-refractivity contribution in [2.24, 2.45) is 11.8 Å². The summed E-state index contributed by atoms with van der Waals surface area (Å²) in [5.41, 5.74) is -0.177. The SMILES string of the molecule is CNC1(CC(=O)O)CC(C)CCC1C. The molecule has 3 heteroatoms. The highest BCUT2D eigenvalue weighted by Gasteiger charge is 2.40. The smallest absolute Gasteiger partial charge is 0.305 e. The van der Waals surface area contributed by atoms with E-state index in [0.717, 1.165) is 12.8 Å². The van der Waals surface area contributed by atoms with E-state index in [-0.39, 0.29) is 12.0 Å². The van der Waals surface area contributed by atoms with Crippen molar-refractivity contribution in [2.45, 2.75) is 45.1 Å². The Kier molecular flexibility index (Phi) is 3.53. The van der Waals surface area contributed by atoms with Crippen molar-refractivity contribution in [1.29, 1.82) is 0 Å². The van der Waals surface area contributed by atoms with Gasteiger partial charge < -0.3 is 10.4 Å². The van der Waals surface area contributed by atoms with Gasteiger partial charge in [-0.2, -0.15) is 0 Å². The van der Waals surface area contributed by atoms with Gasteiger partial charge in [0, 0.05) is 5.54 Å². The van der Waals surface area contributed by atoms with Crippen molar-refractivity contribution in [1.82, 2.24) is 5.32 Å². The van der Waals surface area contributed by atoms with E-state index in [0.29, 0.717) is 11.8 Å². The van der Waals surface area contributed by atoms with Gasteiger partial charge in [-0.05, 0) is 31.7 Å². The molecule has 0 aliphatic heterocycles. The minimum Gasteiger partial charge on any atom is -0.481 e. The first kappa shape index (κ1) is 11.5. The van der Waals surface area contributed by atoms with Crippen LogP contribution in [0.15, 0.2) is 0 Å². The van der Waals surface area contributed by atoms with Crippen LogP contribution in [0.2, 0.25) is 0 Å². The lowest BCUT2D eigenvalue weighted by Gasteiger charge is -2.44. The second kappa shape index (κ2) is 4.30. The molecule has 0 saturated heterocycles. The van der Waals surface area contributed by atoms with Gasteiger partial charge in [-0.15, -0.1) is 0 Å². The van der Waals surface area contributed by atoms with Gasteiger partial charge in [0.2, 0.25) is 0 Å². The standard InChI is InChI=1S/C11H21NO2/c1-8-4-5-9(2)11(6-8,12-3)7-10(13)14/h8-9,12H,4-7H2,1-3H3,(H,13,14). The second-order valence-electron chi connectivity index (χ2n) is 4.76. The fraction of sp³-hybridized carbons (Fsp3) is 0.909. The normalized spacial score (nSPS) is 38.2. The molecule has 0 heterocycles. The first-order valence-corrected chi connectivity index (χ1v) is 5.41. The molecule has 1 aliphatic rings. The fourth-order valence-corrected chi connectivity index (χ4v) is 2.69. The molecule has 3 unspecified atom stereocenters. The zero-order chi connectivity index (χ0) is 10.8. The molecular weight excluding hydrogens is 178 g/mol. The first-order valence-electron chi connectivity index (χ1n) is 5.41. The molecule has 1 fully saturated rings. The predicted molar refractivity (Wildman–Crippen MR) is 56.2 cm³/mol. The van der Waals surface area contributed by atoms with Crippen LogP contribution >= 0.6 is 0 Å². The molecule has 0 aromatic rings. The van der Waals surface area contributed by atoms with Gasteiger partial charge in [0.1, 0.15) is 0 Å². The molecule has 0 radical (unpaired) electrons. The number of carboxylic acids is 1. The number of carbonyl (C=O) groups is 1. The van der Waals surface area contributed by atoms with Crippen molar-refractivity contribution in [3.05, 3.63) is 0 Å². The molecule has 1 saturated carbocycles. The molecule has 1 aliphatic carbocycles. The fourth-order valence-electron chi connectivity index (χ4n) is 2.69. The van der Waals surface area contributed by atoms with Crippen molar-refractivity contribution in [3.63, 3.8) is 0 Å². The lowest BCUT2D eigenvalue weighted by Crippen LogP contribution is -2.53. The topological polar surface area (TPSA) is 49.3 Å². The molecule has 2 N–H and O–H groups in total. The molecule has 3 atom stereocenters. The van der Waals surface area contributed by atoms with E-state index in [4.69, 9.17) is 5.11 Å². The molecule has 0 spiro atoms. The molecular formula is C11H21NO2. The van der Waals surface area contributed by atoms with Gasteiger partial charge in [-0.25, -0.2) is 0 Å². The second-order valence-corrected chi connectivity index (χ2v) is 4.76. The third-order valence-electron chi connectivity index (χ3n) is 3.71. The summed E-state index contributed by atoms with van der Waals surface area (Å²) in [6, 6.07) is 0. The van der Waals surface area contributed by atoms with E-state index in [1.54, 1.807) is 0 Å². The Morgan fingerprint density at radius 1 is 1.50 bits per heavy atom. The van der Waals surface area contributed by atoms with E-state index >= 15 is 0 Å². The van der Waals surface area contributed by atoms with Crippen LogP contribution in [-0.2, 0) is 4.79 Å². The van der Waals surface area contributed by atoms with Gasteiger partial charge in [-0.3, -0.25) is 4.79 Å². The number of nitrogens with one attached hydrogen (secondary N) is 1. The van der Waals surface area contributed by atoms with Gasteiger partial charge in [0.05, 0.1) is 6.42 Å². The number of hydrogen-bond acceptors (Lipinski definition) is 2. The average Bonchev–Trinajstić information content (AvgIpc) is 2.10. The number of rotatable bonds is 3. The highest BCUT2D eigenvalue weighted by molar-refractivity contribution is 5.68. The third-order valence-corrected chi connectivity index (χ3v) is 3.71. The van der Waals surface area contributed by atoms with Crippen LogP contribution in [0.25, 0.3) is 0 Å². The quantitative estimate of drug-likeness (QED) is 0.729. The lowest BCUT2D eigenvalue weighted by atomic mass is 9.68. The predicted octanol–water partition coefficient (Wildman–Crippen LogP) is 1.88. The Morgan fingerprint density at radius 3 is 2.64 bits per heavy atom. The van der Waals surface area contributed by atoms with Gasteiger partial charge in [-0.1, -0.05) is 20.3 Å². The van der Waals surface area contributed by atoms with E-state index in [1.165, 1.54) is 6.42 Å².